The van der Waals surface area contributed by atoms with Gasteiger partial charge in [0.25, 0.3) is 0 Å². The Kier molecular flexibility index (Phi) is 17.8. The van der Waals surface area contributed by atoms with Crippen LogP contribution in [-0.2, 0) is 0 Å². The molecule has 0 aromatic heterocycles. The topological polar surface area (TPSA) is 32.3 Å². The quantitative estimate of drug-likeness (QED) is 0.278. The van der Waals surface area contributed by atoms with Crippen LogP contribution in [0.2, 0.25) is 0 Å². The molecule has 2 atom stereocenters. The van der Waals surface area contributed by atoms with E-state index in [0.29, 0.717) is 12.5 Å². The summed E-state index contributed by atoms with van der Waals surface area (Å²) in [4.78, 5) is 0.00112. The number of rotatable bonds is 13. The number of alkyl halides is 1. The van der Waals surface area contributed by atoms with E-state index >= 15 is 0 Å². The summed E-state index contributed by atoms with van der Waals surface area (Å²) in [6.07, 6.45) is 20.9. The van der Waals surface area contributed by atoms with Gasteiger partial charge in [-0.05, 0) is 45.7 Å². The maximum atomic E-state index is 9.24. The van der Waals surface area contributed by atoms with Crippen LogP contribution >= 0.6 is 11.6 Å². The van der Waals surface area contributed by atoms with Crippen LogP contribution in [0.25, 0.3) is 0 Å². The maximum absolute atomic E-state index is 9.24. The molecule has 0 aromatic carbocycles. The highest BCUT2D eigenvalue weighted by molar-refractivity contribution is 6.24. The van der Waals surface area contributed by atoms with Gasteiger partial charge < -0.3 is 10.4 Å². The van der Waals surface area contributed by atoms with Gasteiger partial charge in [-0.1, -0.05) is 84.0 Å². The lowest BCUT2D eigenvalue weighted by Gasteiger charge is -2.39. The molecule has 2 nitrogen and oxygen atoms in total. The van der Waals surface area contributed by atoms with Gasteiger partial charge in [0.15, 0.2) is 0 Å². The minimum Gasteiger partial charge on any atom is -0.396 e. The summed E-state index contributed by atoms with van der Waals surface area (Å²) in [6.45, 7) is 2.58. The van der Waals surface area contributed by atoms with Crippen molar-refractivity contribution in [3.05, 3.63) is 0 Å². The van der Waals surface area contributed by atoms with Crippen molar-refractivity contribution in [1.82, 2.24) is 5.32 Å². The summed E-state index contributed by atoms with van der Waals surface area (Å²) in [5.41, 5.74) is 0. The fourth-order valence-electron chi connectivity index (χ4n) is 4.07. The third-order valence-corrected chi connectivity index (χ3v) is 6.24. The number of aliphatic hydroxyl groups excluding tert-OH is 1. The molecule has 3 heteroatoms. The molecular formula is C22H46ClNO. The van der Waals surface area contributed by atoms with Crippen LogP contribution in [0.5, 0.6) is 0 Å². The fourth-order valence-corrected chi connectivity index (χ4v) is 4.55. The molecule has 1 aliphatic carbocycles. The van der Waals surface area contributed by atoms with E-state index in [9.17, 15) is 5.11 Å². The number of hydrogen-bond acceptors (Lipinski definition) is 2. The van der Waals surface area contributed by atoms with Crippen molar-refractivity contribution in [2.24, 2.45) is 5.92 Å². The molecule has 1 saturated carbocycles. The zero-order valence-corrected chi connectivity index (χ0v) is 18.2. The average Bonchev–Trinajstić information content (AvgIpc) is 2.60. The van der Waals surface area contributed by atoms with E-state index in [1.807, 2.05) is 14.1 Å². The summed E-state index contributed by atoms with van der Waals surface area (Å²) >= 11 is 6.92. The summed E-state index contributed by atoms with van der Waals surface area (Å²) in [5.74, 6) is 0.548. The van der Waals surface area contributed by atoms with Gasteiger partial charge in [0.05, 0.1) is 0 Å². The van der Waals surface area contributed by atoms with Crippen LogP contribution in [0.3, 0.4) is 0 Å². The number of nitrogens with one attached hydrogen (secondary N) is 1. The molecular weight excluding hydrogens is 330 g/mol. The van der Waals surface area contributed by atoms with Gasteiger partial charge in [-0.2, -0.15) is 0 Å². The van der Waals surface area contributed by atoms with Crippen LogP contribution in [0.15, 0.2) is 0 Å². The molecule has 1 fully saturated rings. The Morgan fingerprint density at radius 2 is 1.44 bits per heavy atom. The molecule has 152 valence electrons. The monoisotopic (exact) mass is 375 g/mol. The van der Waals surface area contributed by atoms with Crippen molar-refractivity contribution in [2.45, 2.75) is 115 Å². The molecule has 0 heterocycles. The Hall–Kier alpha value is 0.210. The molecule has 0 amide bonds. The summed E-state index contributed by atoms with van der Waals surface area (Å²) in [5, 5.41) is 12.0. The van der Waals surface area contributed by atoms with Gasteiger partial charge in [0.2, 0.25) is 0 Å². The SMILES string of the molecule is CCCCCCCCCCCCC1(Cl)CCCCC1CCO.CNC. The molecule has 2 N–H and O–H groups in total. The first-order valence-corrected chi connectivity index (χ1v) is 11.4. The van der Waals surface area contributed by atoms with Crippen molar-refractivity contribution in [2.75, 3.05) is 20.7 Å². The highest BCUT2D eigenvalue weighted by Gasteiger charge is 2.37. The Morgan fingerprint density at radius 1 is 0.920 bits per heavy atom. The number of hydrogen-bond donors (Lipinski definition) is 2. The lowest BCUT2D eigenvalue weighted by atomic mass is 9.74. The number of aliphatic hydroxyl groups is 1. The van der Waals surface area contributed by atoms with Crippen LogP contribution in [0.4, 0.5) is 0 Å². The van der Waals surface area contributed by atoms with Gasteiger partial charge in [0, 0.05) is 11.5 Å². The zero-order chi connectivity index (χ0) is 18.8. The maximum Gasteiger partial charge on any atom is 0.0475 e. The highest BCUT2D eigenvalue weighted by atomic mass is 35.5. The molecule has 0 saturated heterocycles. The minimum atomic E-state index is 0.00112. The average molecular weight is 376 g/mol. The van der Waals surface area contributed by atoms with Crippen LogP contribution < -0.4 is 5.32 Å². The van der Waals surface area contributed by atoms with E-state index < -0.39 is 0 Å². The molecule has 0 radical (unpaired) electrons. The van der Waals surface area contributed by atoms with E-state index in [1.165, 1.54) is 83.5 Å². The normalized spacial score (nSPS) is 23.2. The predicted molar refractivity (Wildman–Crippen MR) is 114 cm³/mol. The Labute approximate surface area is 163 Å². The smallest absolute Gasteiger partial charge is 0.0475 e. The van der Waals surface area contributed by atoms with E-state index in [0.717, 1.165) is 19.3 Å². The van der Waals surface area contributed by atoms with E-state index in [2.05, 4.69) is 12.2 Å². The van der Waals surface area contributed by atoms with Gasteiger partial charge >= 0.3 is 0 Å². The van der Waals surface area contributed by atoms with Crippen LogP contribution in [-0.4, -0.2) is 30.7 Å². The molecule has 0 bridgehead atoms. The summed E-state index contributed by atoms with van der Waals surface area (Å²) in [7, 11) is 3.75. The molecule has 25 heavy (non-hydrogen) atoms. The molecule has 0 spiro atoms. The van der Waals surface area contributed by atoms with Crippen molar-refractivity contribution < 1.29 is 5.11 Å². The zero-order valence-electron chi connectivity index (χ0n) is 17.4. The molecule has 1 aliphatic rings. The highest BCUT2D eigenvalue weighted by Crippen LogP contribution is 2.44. The van der Waals surface area contributed by atoms with Gasteiger partial charge in [0.1, 0.15) is 0 Å². The molecule has 1 rings (SSSR count). The number of unbranched alkanes of at least 4 members (excludes halogenated alkanes) is 9. The third-order valence-electron chi connectivity index (χ3n) is 5.55. The Bertz CT molecular complexity index is 273. The Balaban J connectivity index is 0.00000178. The van der Waals surface area contributed by atoms with Gasteiger partial charge in [-0.15, -0.1) is 11.6 Å². The summed E-state index contributed by atoms with van der Waals surface area (Å²) in [6, 6.07) is 0. The lowest BCUT2D eigenvalue weighted by molar-refractivity contribution is 0.183. The first-order chi connectivity index (χ1) is 12.1. The second-order valence-electron chi connectivity index (χ2n) is 7.92. The standard InChI is InChI=1S/C20H39ClO.C2H7N/c1-2-3-4-5-6-7-8-9-10-12-16-20(21)17-13-11-14-19(20)15-18-22;1-3-2/h19,22H,2-18H2,1H3;3H,1-2H3. The molecule has 2 unspecified atom stereocenters. The second kappa shape index (κ2) is 17.6. The van der Waals surface area contributed by atoms with Crippen molar-refractivity contribution >= 4 is 11.6 Å². The fraction of sp³-hybridized carbons (Fsp3) is 1.00. The van der Waals surface area contributed by atoms with Crippen molar-refractivity contribution in [3.8, 4) is 0 Å². The second-order valence-corrected chi connectivity index (χ2v) is 8.67. The minimum absolute atomic E-state index is 0.00112. The third kappa shape index (κ3) is 13.1. The van der Waals surface area contributed by atoms with E-state index in [-0.39, 0.29) is 4.87 Å². The first kappa shape index (κ1) is 25.2. The summed E-state index contributed by atoms with van der Waals surface area (Å²) < 4.78 is 0. The van der Waals surface area contributed by atoms with Gasteiger partial charge in [-0.25, -0.2) is 0 Å². The van der Waals surface area contributed by atoms with Crippen molar-refractivity contribution in [1.29, 1.82) is 0 Å². The number of halogens is 1. The first-order valence-electron chi connectivity index (χ1n) is 11.0. The van der Waals surface area contributed by atoms with Crippen LogP contribution in [0.1, 0.15) is 110 Å². The van der Waals surface area contributed by atoms with E-state index in [4.69, 9.17) is 11.6 Å². The molecule has 0 aliphatic heterocycles. The van der Waals surface area contributed by atoms with Gasteiger partial charge in [-0.3, -0.25) is 0 Å². The van der Waals surface area contributed by atoms with E-state index in [1.54, 1.807) is 0 Å². The molecule has 0 aromatic rings. The largest absolute Gasteiger partial charge is 0.396 e. The predicted octanol–water partition coefficient (Wildman–Crippen LogP) is 6.68. The lowest BCUT2D eigenvalue weighted by Crippen LogP contribution is -2.35. The Morgan fingerprint density at radius 3 is 1.96 bits per heavy atom. The van der Waals surface area contributed by atoms with Crippen LogP contribution in [0, 0.1) is 5.92 Å². The van der Waals surface area contributed by atoms with Crippen molar-refractivity contribution in [3.63, 3.8) is 0 Å².